The van der Waals surface area contributed by atoms with Gasteiger partial charge in [-0.05, 0) is 44.1 Å². The molecule has 0 saturated carbocycles. The highest BCUT2D eigenvalue weighted by atomic mass is 19.3. The monoisotopic (exact) mass is 358 g/mol. The first-order chi connectivity index (χ1) is 12.0. The summed E-state index contributed by atoms with van der Waals surface area (Å²) in [6, 6.07) is 4.20. The summed E-state index contributed by atoms with van der Waals surface area (Å²) in [7, 11) is 2.99. The molecule has 0 unspecified atom stereocenters. The van der Waals surface area contributed by atoms with Gasteiger partial charge in [0.1, 0.15) is 0 Å². The van der Waals surface area contributed by atoms with Crippen molar-refractivity contribution < 1.29 is 27.8 Å². The van der Waals surface area contributed by atoms with Crippen LogP contribution in [0.4, 0.5) is 8.78 Å². The number of piperidine rings is 1. The van der Waals surface area contributed by atoms with Gasteiger partial charge in [0, 0.05) is 24.6 Å². The molecule has 1 aliphatic heterocycles. The predicted molar refractivity (Wildman–Crippen MR) is 88.4 cm³/mol. The highest BCUT2D eigenvalue weighted by Crippen LogP contribution is 2.30. The first-order valence-corrected chi connectivity index (χ1v) is 8.10. The van der Waals surface area contributed by atoms with Crippen LogP contribution in [-0.2, 0) is 4.74 Å². The van der Waals surface area contributed by atoms with E-state index in [1.165, 1.54) is 25.3 Å². The van der Waals surface area contributed by atoms with Crippen LogP contribution < -0.4 is 20.1 Å². The molecule has 2 N–H and O–H groups in total. The number of alkyl halides is 2. The van der Waals surface area contributed by atoms with Crippen LogP contribution >= 0.6 is 0 Å². The molecule has 0 spiro atoms. The van der Waals surface area contributed by atoms with E-state index in [9.17, 15) is 13.6 Å². The second-order valence-corrected chi connectivity index (χ2v) is 6.11. The van der Waals surface area contributed by atoms with Crippen molar-refractivity contribution in [3.05, 3.63) is 23.8 Å². The number of hydrogen-bond donors (Lipinski definition) is 2. The van der Waals surface area contributed by atoms with Gasteiger partial charge in [-0.15, -0.1) is 0 Å². The van der Waals surface area contributed by atoms with Crippen molar-refractivity contribution in [2.75, 3.05) is 40.5 Å². The Balaban J connectivity index is 2.06. The minimum atomic E-state index is -2.99. The van der Waals surface area contributed by atoms with Crippen molar-refractivity contribution in [2.45, 2.75) is 19.5 Å². The lowest BCUT2D eigenvalue weighted by Gasteiger charge is -2.37. The molecule has 1 heterocycles. The molecule has 1 amide bonds. The number of methoxy groups -OCH3 is 2. The van der Waals surface area contributed by atoms with Crippen LogP contribution in [-0.4, -0.2) is 53.0 Å². The number of carbonyl (C=O) groups is 1. The molecule has 0 atom stereocenters. The summed E-state index contributed by atoms with van der Waals surface area (Å²) in [6.07, 6.45) is 1.78. The average molecular weight is 358 g/mol. The summed E-state index contributed by atoms with van der Waals surface area (Å²) in [4.78, 5) is 12.4. The van der Waals surface area contributed by atoms with E-state index < -0.39 is 6.61 Å². The minimum absolute atomic E-state index is 0.121. The summed E-state index contributed by atoms with van der Waals surface area (Å²) in [5, 5.41) is 6.17. The molecule has 8 heteroatoms. The molecular formula is C17H24F2N2O4. The molecule has 0 radical (unpaired) electrons. The second-order valence-electron chi connectivity index (χ2n) is 6.11. The molecule has 0 aliphatic carbocycles. The van der Waals surface area contributed by atoms with Gasteiger partial charge < -0.3 is 24.8 Å². The number of nitrogens with one attached hydrogen (secondary N) is 2. The SMILES string of the molecule is COCC1(CNC(=O)c2ccc(OC)c(OC(F)F)c2)CCNCC1. The van der Waals surface area contributed by atoms with Crippen LogP contribution in [0.5, 0.6) is 11.5 Å². The van der Waals surface area contributed by atoms with Crippen molar-refractivity contribution in [1.29, 1.82) is 0 Å². The normalized spacial score (nSPS) is 16.5. The molecule has 6 nitrogen and oxygen atoms in total. The lowest BCUT2D eigenvalue weighted by Crippen LogP contribution is -2.47. The van der Waals surface area contributed by atoms with Crippen molar-refractivity contribution in [3.8, 4) is 11.5 Å². The molecule has 1 aromatic rings. The third kappa shape index (κ3) is 5.27. The number of amides is 1. The van der Waals surface area contributed by atoms with Gasteiger partial charge in [0.05, 0.1) is 13.7 Å². The number of benzene rings is 1. The lowest BCUT2D eigenvalue weighted by molar-refractivity contribution is -0.0512. The fourth-order valence-corrected chi connectivity index (χ4v) is 3.01. The van der Waals surface area contributed by atoms with Crippen LogP contribution in [0.1, 0.15) is 23.2 Å². The van der Waals surface area contributed by atoms with Crippen LogP contribution in [0, 0.1) is 5.41 Å². The summed E-state index contributed by atoms with van der Waals surface area (Å²) in [5.41, 5.74) is 0.114. The van der Waals surface area contributed by atoms with Gasteiger partial charge >= 0.3 is 6.61 Å². The van der Waals surface area contributed by atoms with Crippen LogP contribution in [0.2, 0.25) is 0 Å². The first kappa shape index (κ1) is 19.4. The lowest BCUT2D eigenvalue weighted by atomic mass is 9.79. The molecule has 1 fully saturated rings. The van der Waals surface area contributed by atoms with Gasteiger partial charge in [-0.3, -0.25) is 4.79 Å². The number of halogens is 2. The van der Waals surface area contributed by atoms with Crippen molar-refractivity contribution in [3.63, 3.8) is 0 Å². The average Bonchev–Trinajstić information content (AvgIpc) is 2.60. The molecule has 0 aromatic heterocycles. The van der Waals surface area contributed by atoms with Crippen molar-refractivity contribution in [2.24, 2.45) is 5.41 Å². The molecule has 25 heavy (non-hydrogen) atoms. The summed E-state index contributed by atoms with van der Waals surface area (Å²) in [6.45, 7) is -0.246. The summed E-state index contributed by atoms with van der Waals surface area (Å²) < 4.78 is 39.7. The minimum Gasteiger partial charge on any atom is -0.493 e. The molecule has 140 valence electrons. The number of ether oxygens (including phenoxy) is 3. The van der Waals surface area contributed by atoms with E-state index in [0.717, 1.165) is 25.9 Å². The third-order valence-corrected chi connectivity index (χ3v) is 4.38. The van der Waals surface area contributed by atoms with Gasteiger partial charge in [-0.25, -0.2) is 0 Å². The van der Waals surface area contributed by atoms with Gasteiger partial charge in [0.25, 0.3) is 5.91 Å². The molecular weight excluding hydrogens is 334 g/mol. The summed E-state index contributed by atoms with van der Waals surface area (Å²) >= 11 is 0. The van der Waals surface area contributed by atoms with E-state index in [2.05, 4.69) is 15.4 Å². The fourth-order valence-electron chi connectivity index (χ4n) is 3.01. The Morgan fingerprint density at radius 3 is 2.60 bits per heavy atom. The number of carbonyl (C=O) groups excluding carboxylic acids is 1. The van der Waals surface area contributed by atoms with E-state index in [1.54, 1.807) is 7.11 Å². The zero-order valence-corrected chi connectivity index (χ0v) is 14.4. The maximum atomic E-state index is 12.5. The zero-order chi connectivity index (χ0) is 18.3. The number of rotatable bonds is 8. The van der Waals surface area contributed by atoms with E-state index in [0.29, 0.717) is 13.2 Å². The van der Waals surface area contributed by atoms with Gasteiger partial charge in [-0.1, -0.05) is 0 Å². The smallest absolute Gasteiger partial charge is 0.387 e. The number of hydrogen-bond acceptors (Lipinski definition) is 5. The maximum Gasteiger partial charge on any atom is 0.387 e. The highest BCUT2D eigenvalue weighted by molar-refractivity contribution is 5.94. The zero-order valence-electron chi connectivity index (χ0n) is 14.4. The van der Waals surface area contributed by atoms with Gasteiger partial charge in [-0.2, -0.15) is 8.78 Å². The molecule has 2 rings (SSSR count). The van der Waals surface area contributed by atoms with E-state index >= 15 is 0 Å². The Kier molecular flexibility index (Phi) is 6.95. The van der Waals surface area contributed by atoms with Crippen LogP contribution in [0.15, 0.2) is 18.2 Å². The quantitative estimate of drug-likeness (QED) is 0.744. The van der Waals surface area contributed by atoms with E-state index in [-0.39, 0.29) is 28.4 Å². The van der Waals surface area contributed by atoms with Gasteiger partial charge in [0.2, 0.25) is 0 Å². The highest BCUT2D eigenvalue weighted by Gasteiger charge is 2.32. The van der Waals surface area contributed by atoms with Crippen molar-refractivity contribution in [1.82, 2.24) is 10.6 Å². The van der Waals surface area contributed by atoms with E-state index in [4.69, 9.17) is 9.47 Å². The Morgan fingerprint density at radius 1 is 1.28 bits per heavy atom. The molecule has 1 saturated heterocycles. The first-order valence-electron chi connectivity index (χ1n) is 8.10. The largest absolute Gasteiger partial charge is 0.493 e. The molecule has 0 bridgehead atoms. The Hall–Kier alpha value is -1.93. The predicted octanol–water partition coefficient (Wildman–Crippen LogP) is 2.04. The van der Waals surface area contributed by atoms with Crippen molar-refractivity contribution >= 4 is 5.91 Å². The van der Waals surface area contributed by atoms with E-state index in [1.807, 2.05) is 0 Å². The third-order valence-electron chi connectivity index (χ3n) is 4.38. The maximum absolute atomic E-state index is 12.5. The Bertz CT molecular complexity index is 572. The molecule has 1 aromatic carbocycles. The van der Waals surface area contributed by atoms with Crippen LogP contribution in [0.25, 0.3) is 0 Å². The Labute approximate surface area is 145 Å². The standard InChI is InChI=1S/C17H24F2N2O4/c1-23-11-17(5-7-20-8-6-17)10-21-15(22)12-3-4-13(24-2)14(9-12)25-16(18)19/h3-4,9,16,20H,5-8,10-11H2,1-2H3,(H,21,22). The van der Waals surface area contributed by atoms with Gasteiger partial charge in [0.15, 0.2) is 11.5 Å². The summed E-state index contributed by atoms with van der Waals surface area (Å²) in [5.74, 6) is -0.375. The fraction of sp³-hybridized carbons (Fsp3) is 0.588. The van der Waals surface area contributed by atoms with Crippen LogP contribution in [0.3, 0.4) is 0 Å². The second kappa shape index (κ2) is 8.96. The Morgan fingerprint density at radius 2 is 2.00 bits per heavy atom. The topological polar surface area (TPSA) is 68.8 Å². The molecule has 1 aliphatic rings.